The zero-order chi connectivity index (χ0) is 13.8. The van der Waals surface area contributed by atoms with Crippen LogP contribution in [0.5, 0.6) is 5.75 Å². The largest absolute Gasteiger partial charge is 0.496 e. The zero-order valence-electron chi connectivity index (χ0n) is 11.9. The number of benzene rings is 2. The summed E-state index contributed by atoms with van der Waals surface area (Å²) in [5.41, 5.74) is 11.8. The van der Waals surface area contributed by atoms with E-state index in [9.17, 15) is 0 Å². The van der Waals surface area contributed by atoms with Gasteiger partial charge in [0.05, 0.1) is 7.11 Å². The van der Waals surface area contributed by atoms with Crippen LogP contribution in [0.15, 0.2) is 36.4 Å². The van der Waals surface area contributed by atoms with Crippen molar-refractivity contribution in [2.24, 2.45) is 5.73 Å². The van der Waals surface area contributed by atoms with Crippen molar-refractivity contribution in [2.45, 2.75) is 20.3 Å². The van der Waals surface area contributed by atoms with Gasteiger partial charge >= 0.3 is 0 Å². The molecule has 0 atom stereocenters. The predicted octanol–water partition coefficient (Wildman–Crippen LogP) is 3.48. The van der Waals surface area contributed by atoms with Gasteiger partial charge in [0.2, 0.25) is 0 Å². The molecule has 0 saturated carbocycles. The van der Waals surface area contributed by atoms with Gasteiger partial charge in [-0.25, -0.2) is 0 Å². The normalized spacial score (nSPS) is 10.5. The lowest BCUT2D eigenvalue weighted by Gasteiger charge is -2.12. The van der Waals surface area contributed by atoms with E-state index in [0.717, 1.165) is 17.7 Å². The fourth-order valence-corrected chi connectivity index (χ4v) is 2.43. The first-order chi connectivity index (χ1) is 9.13. The van der Waals surface area contributed by atoms with Crippen LogP contribution in [0.3, 0.4) is 0 Å². The summed E-state index contributed by atoms with van der Waals surface area (Å²) in [5, 5.41) is 0. The van der Waals surface area contributed by atoms with Crippen LogP contribution in [0, 0.1) is 13.8 Å². The Morgan fingerprint density at radius 1 is 1.00 bits per heavy atom. The molecule has 0 spiro atoms. The average Bonchev–Trinajstić information content (AvgIpc) is 2.38. The lowest BCUT2D eigenvalue weighted by Crippen LogP contribution is -2.03. The molecule has 0 radical (unpaired) electrons. The molecule has 19 heavy (non-hydrogen) atoms. The van der Waals surface area contributed by atoms with E-state index < -0.39 is 0 Å². The molecule has 0 saturated heterocycles. The van der Waals surface area contributed by atoms with Crippen LogP contribution in [-0.2, 0) is 6.42 Å². The van der Waals surface area contributed by atoms with Crippen molar-refractivity contribution in [3.8, 4) is 16.9 Å². The molecular weight excluding hydrogens is 234 g/mol. The molecule has 0 unspecified atom stereocenters. The lowest BCUT2D eigenvalue weighted by atomic mass is 9.97. The third kappa shape index (κ3) is 3.15. The molecule has 2 heteroatoms. The fourth-order valence-electron chi connectivity index (χ4n) is 2.43. The van der Waals surface area contributed by atoms with Crippen molar-refractivity contribution < 1.29 is 4.74 Å². The number of hydrogen-bond donors (Lipinski definition) is 1. The van der Waals surface area contributed by atoms with Crippen LogP contribution >= 0.6 is 0 Å². The Hall–Kier alpha value is -1.80. The van der Waals surface area contributed by atoms with Gasteiger partial charge in [-0.1, -0.05) is 35.4 Å². The number of aryl methyl sites for hydroxylation is 2. The summed E-state index contributed by atoms with van der Waals surface area (Å²) in [5.74, 6) is 0.908. The van der Waals surface area contributed by atoms with Gasteiger partial charge in [0.1, 0.15) is 5.75 Å². The van der Waals surface area contributed by atoms with E-state index in [-0.39, 0.29) is 0 Å². The van der Waals surface area contributed by atoms with Crippen molar-refractivity contribution in [2.75, 3.05) is 13.7 Å². The van der Waals surface area contributed by atoms with Gasteiger partial charge in [-0.3, -0.25) is 0 Å². The summed E-state index contributed by atoms with van der Waals surface area (Å²) in [6.45, 7) is 4.90. The van der Waals surface area contributed by atoms with E-state index >= 15 is 0 Å². The van der Waals surface area contributed by atoms with Gasteiger partial charge < -0.3 is 10.5 Å². The second-order valence-corrected chi connectivity index (χ2v) is 4.95. The Bertz CT molecular complexity index is 555. The summed E-state index contributed by atoms with van der Waals surface area (Å²) >= 11 is 0. The fraction of sp³-hybridized carbons (Fsp3) is 0.294. The zero-order valence-corrected chi connectivity index (χ0v) is 11.9. The molecule has 2 rings (SSSR count). The third-order valence-electron chi connectivity index (χ3n) is 3.23. The molecule has 2 aromatic carbocycles. The smallest absolute Gasteiger partial charge is 0.126 e. The molecule has 2 nitrogen and oxygen atoms in total. The highest BCUT2D eigenvalue weighted by Gasteiger charge is 2.08. The maximum absolute atomic E-state index is 5.64. The van der Waals surface area contributed by atoms with Crippen molar-refractivity contribution in [1.29, 1.82) is 0 Å². The van der Waals surface area contributed by atoms with Crippen LogP contribution in [0.4, 0.5) is 0 Å². The first kappa shape index (κ1) is 13.6. The number of methoxy groups -OCH3 is 1. The van der Waals surface area contributed by atoms with Crippen LogP contribution in [-0.4, -0.2) is 13.7 Å². The Balaban J connectivity index is 2.54. The highest BCUT2D eigenvalue weighted by Crippen LogP contribution is 2.32. The number of nitrogens with two attached hydrogens (primary N) is 1. The second kappa shape index (κ2) is 5.89. The first-order valence-corrected chi connectivity index (χ1v) is 6.59. The number of hydrogen-bond acceptors (Lipinski definition) is 2. The van der Waals surface area contributed by atoms with E-state index in [1.807, 2.05) is 6.07 Å². The summed E-state index contributed by atoms with van der Waals surface area (Å²) in [6, 6.07) is 12.9. The number of rotatable bonds is 4. The lowest BCUT2D eigenvalue weighted by molar-refractivity contribution is 0.416. The third-order valence-corrected chi connectivity index (χ3v) is 3.23. The maximum atomic E-state index is 5.64. The monoisotopic (exact) mass is 255 g/mol. The standard InChI is InChI=1S/C17H21NO/c1-12-8-13(2)10-15(9-12)16-11-14(6-7-18)4-5-17(16)19-3/h4-5,8-11H,6-7,18H2,1-3H3. The van der Waals surface area contributed by atoms with Crippen LogP contribution in [0.1, 0.15) is 16.7 Å². The highest BCUT2D eigenvalue weighted by atomic mass is 16.5. The van der Waals surface area contributed by atoms with E-state index in [1.165, 1.54) is 22.3 Å². The van der Waals surface area contributed by atoms with Gasteiger partial charge in [0, 0.05) is 5.56 Å². The quantitative estimate of drug-likeness (QED) is 0.907. The van der Waals surface area contributed by atoms with E-state index in [1.54, 1.807) is 7.11 Å². The van der Waals surface area contributed by atoms with E-state index in [4.69, 9.17) is 10.5 Å². The summed E-state index contributed by atoms with van der Waals surface area (Å²) in [4.78, 5) is 0. The predicted molar refractivity (Wildman–Crippen MR) is 80.7 cm³/mol. The molecular formula is C17H21NO. The highest BCUT2D eigenvalue weighted by molar-refractivity contribution is 5.72. The van der Waals surface area contributed by atoms with Gasteiger partial charge in [-0.15, -0.1) is 0 Å². The minimum atomic E-state index is 0.665. The Morgan fingerprint density at radius 3 is 2.26 bits per heavy atom. The summed E-state index contributed by atoms with van der Waals surface area (Å²) < 4.78 is 5.48. The molecule has 0 aliphatic carbocycles. The molecule has 0 aliphatic rings. The van der Waals surface area contributed by atoms with Gasteiger partial charge in [-0.2, -0.15) is 0 Å². The molecule has 100 valence electrons. The number of ether oxygens (including phenoxy) is 1. The molecule has 0 heterocycles. The summed E-state index contributed by atoms with van der Waals surface area (Å²) in [7, 11) is 1.71. The molecule has 0 aliphatic heterocycles. The molecule has 2 aromatic rings. The maximum Gasteiger partial charge on any atom is 0.126 e. The topological polar surface area (TPSA) is 35.2 Å². The SMILES string of the molecule is COc1ccc(CCN)cc1-c1cc(C)cc(C)c1. The van der Waals surface area contributed by atoms with Crippen molar-refractivity contribution in [1.82, 2.24) is 0 Å². The molecule has 0 aromatic heterocycles. The van der Waals surface area contributed by atoms with Crippen molar-refractivity contribution >= 4 is 0 Å². The Kier molecular flexibility index (Phi) is 4.23. The van der Waals surface area contributed by atoms with E-state index in [0.29, 0.717) is 6.54 Å². The molecule has 0 amide bonds. The second-order valence-electron chi connectivity index (χ2n) is 4.95. The van der Waals surface area contributed by atoms with Crippen LogP contribution < -0.4 is 10.5 Å². The van der Waals surface area contributed by atoms with Crippen LogP contribution in [0.25, 0.3) is 11.1 Å². The van der Waals surface area contributed by atoms with E-state index in [2.05, 4.69) is 44.2 Å². The Morgan fingerprint density at radius 2 is 1.68 bits per heavy atom. The average molecular weight is 255 g/mol. The minimum absolute atomic E-state index is 0.665. The van der Waals surface area contributed by atoms with Gasteiger partial charge in [-0.05, 0) is 50.1 Å². The minimum Gasteiger partial charge on any atom is -0.496 e. The van der Waals surface area contributed by atoms with Gasteiger partial charge in [0.25, 0.3) is 0 Å². The van der Waals surface area contributed by atoms with Crippen molar-refractivity contribution in [3.63, 3.8) is 0 Å². The van der Waals surface area contributed by atoms with Crippen LogP contribution in [0.2, 0.25) is 0 Å². The molecule has 2 N–H and O–H groups in total. The Labute approximate surface area is 115 Å². The van der Waals surface area contributed by atoms with Gasteiger partial charge in [0.15, 0.2) is 0 Å². The summed E-state index contributed by atoms with van der Waals surface area (Å²) in [6.07, 6.45) is 0.891. The molecule has 0 bridgehead atoms. The van der Waals surface area contributed by atoms with Crippen molar-refractivity contribution in [3.05, 3.63) is 53.1 Å². The molecule has 0 fully saturated rings. The first-order valence-electron chi connectivity index (χ1n) is 6.59.